The molecule has 92 valence electrons. The minimum absolute atomic E-state index is 0.0303. The SMILES string of the molecule is CN(CCC#N)S(=O)(=O)c1csc(C(=O)O)c1. The summed E-state index contributed by atoms with van der Waals surface area (Å²) in [5, 5.41) is 18.4. The summed E-state index contributed by atoms with van der Waals surface area (Å²) >= 11 is 0.855. The van der Waals surface area contributed by atoms with Gasteiger partial charge in [-0.3, -0.25) is 0 Å². The molecule has 0 aliphatic rings. The van der Waals surface area contributed by atoms with E-state index in [1.165, 1.54) is 12.4 Å². The van der Waals surface area contributed by atoms with Gasteiger partial charge in [0.15, 0.2) is 0 Å². The number of carbonyl (C=O) groups is 1. The number of nitrogens with zero attached hydrogens (tertiary/aromatic N) is 2. The highest BCUT2D eigenvalue weighted by Gasteiger charge is 2.23. The molecular formula is C9H10N2O4S2. The first-order chi connectivity index (χ1) is 7.89. The first kappa shape index (κ1) is 13.6. The van der Waals surface area contributed by atoms with Crippen LogP contribution in [0.4, 0.5) is 0 Å². The molecule has 0 aliphatic carbocycles. The first-order valence-electron chi connectivity index (χ1n) is 4.54. The van der Waals surface area contributed by atoms with Gasteiger partial charge in [-0.15, -0.1) is 11.3 Å². The van der Waals surface area contributed by atoms with Crippen LogP contribution in [0.1, 0.15) is 16.1 Å². The molecule has 0 saturated heterocycles. The van der Waals surface area contributed by atoms with Crippen molar-refractivity contribution in [3.05, 3.63) is 16.3 Å². The van der Waals surface area contributed by atoms with Crippen molar-refractivity contribution in [2.45, 2.75) is 11.3 Å². The number of nitriles is 1. The second kappa shape index (κ2) is 5.27. The monoisotopic (exact) mass is 274 g/mol. The zero-order valence-corrected chi connectivity index (χ0v) is 10.6. The molecule has 8 heteroatoms. The summed E-state index contributed by atoms with van der Waals surface area (Å²) in [6.45, 7) is 0.0804. The molecule has 0 aromatic carbocycles. The Kier molecular flexibility index (Phi) is 4.22. The molecular weight excluding hydrogens is 264 g/mol. The van der Waals surface area contributed by atoms with Gasteiger partial charge in [0.1, 0.15) is 4.88 Å². The van der Waals surface area contributed by atoms with E-state index in [0.717, 1.165) is 21.7 Å². The Morgan fingerprint density at radius 3 is 2.76 bits per heavy atom. The number of aromatic carboxylic acids is 1. The van der Waals surface area contributed by atoms with Crippen molar-refractivity contribution in [2.24, 2.45) is 0 Å². The largest absolute Gasteiger partial charge is 0.477 e. The van der Waals surface area contributed by atoms with Crippen LogP contribution in [-0.4, -0.2) is 37.4 Å². The van der Waals surface area contributed by atoms with Crippen molar-refractivity contribution in [3.8, 4) is 6.07 Å². The van der Waals surface area contributed by atoms with Crippen molar-refractivity contribution in [3.63, 3.8) is 0 Å². The molecule has 0 spiro atoms. The normalized spacial score (nSPS) is 11.4. The third-order valence-electron chi connectivity index (χ3n) is 2.03. The highest BCUT2D eigenvalue weighted by molar-refractivity contribution is 7.89. The second-order valence-corrected chi connectivity index (χ2v) is 6.14. The van der Waals surface area contributed by atoms with Gasteiger partial charge in [0.25, 0.3) is 0 Å². The number of rotatable bonds is 5. The highest BCUT2D eigenvalue weighted by Crippen LogP contribution is 2.22. The Morgan fingerprint density at radius 1 is 1.65 bits per heavy atom. The van der Waals surface area contributed by atoms with E-state index in [0.29, 0.717) is 0 Å². The Bertz CT molecular complexity index is 556. The summed E-state index contributed by atoms with van der Waals surface area (Å²) in [4.78, 5) is 10.6. The Morgan fingerprint density at radius 2 is 2.29 bits per heavy atom. The maximum Gasteiger partial charge on any atom is 0.345 e. The van der Waals surface area contributed by atoms with E-state index in [1.807, 2.05) is 6.07 Å². The van der Waals surface area contributed by atoms with Crippen LogP contribution in [0, 0.1) is 11.3 Å². The standard InChI is InChI=1S/C9H10N2O4S2/c1-11(4-2-3-10)17(14,15)7-5-8(9(12)13)16-6-7/h5-6H,2,4H2,1H3,(H,12,13). The van der Waals surface area contributed by atoms with E-state index in [2.05, 4.69) is 0 Å². The number of carboxylic acids is 1. The zero-order valence-electron chi connectivity index (χ0n) is 8.95. The Labute approximate surface area is 103 Å². The van der Waals surface area contributed by atoms with Gasteiger partial charge in [-0.25, -0.2) is 13.2 Å². The molecule has 1 aromatic rings. The number of hydrogen-bond donors (Lipinski definition) is 1. The molecule has 6 nitrogen and oxygen atoms in total. The molecule has 0 aliphatic heterocycles. The van der Waals surface area contributed by atoms with Crippen LogP contribution in [0.5, 0.6) is 0 Å². The van der Waals surface area contributed by atoms with E-state index < -0.39 is 16.0 Å². The molecule has 0 atom stereocenters. The van der Waals surface area contributed by atoms with E-state index in [1.54, 1.807) is 0 Å². The van der Waals surface area contributed by atoms with Gasteiger partial charge in [0.2, 0.25) is 10.0 Å². The number of thiophene rings is 1. The lowest BCUT2D eigenvalue weighted by Gasteiger charge is -2.13. The molecule has 0 saturated carbocycles. The van der Waals surface area contributed by atoms with Crippen LogP contribution in [0.15, 0.2) is 16.3 Å². The average Bonchev–Trinajstić information content (AvgIpc) is 2.75. The smallest absolute Gasteiger partial charge is 0.345 e. The molecule has 17 heavy (non-hydrogen) atoms. The van der Waals surface area contributed by atoms with Crippen LogP contribution in [-0.2, 0) is 10.0 Å². The van der Waals surface area contributed by atoms with Crippen LogP contribution >= 0.6 is 11.3 Å². The van der Waals surface area contributed by atoms with Gasteiger partial charge in [-0.05, 0) is 6.07 Å². The van der Waals surface area contributed by atoms with E-state index in [-0.39, 0.29) is 22.7 Å². The van der Waals surface area contributed by atoms with Crippen LogP contribution < -0.4 is 0 Å². The molecule has 1 aromatic heterocycles. The van der Waals surface area contributed by atoms with Gasteiger partial charge in [0, 0.05) is 25.4 Å². The Balaban J connectivity index is 2.97. The lowest BCUT2D eigenvalue weighted by Crippen LogP contribution is -2.27. The minimum atomic E-state index is -3.69. The molecule has 1 heterocycles. The average molecular weight is 274 g/mol. The number of hydrogen-bond acceptors (Lipinski definition) is 5. The van der Waals surface area contributed by atoms with Gasteiger partial charge in [0.05, 0.1) is 11.0 Å². The highest BCUT2D eigenvalue weighted by atomic mass is 32.2. The third-order valence-corrected chi connectivity index (χ3v) is 4.93. The predicted molar refractivity (Wildman–Crippen MR) is 61.3 cm³/mol. The number of carboxylic acid groups (broad SMARTS) is 1. The minimum Gasteiger partial charge on any atom is -0.477 e. The quantitative estimate of drug-likeness (QED) is 0.863. The molecule has 0 radical (unpaired) electrons. The van der Waals surface area contributed by atoms with Crippen molar-refractivity contribution < 1.29 is 18.3 Å². The van der Waals surface area contributed by atoms with Crippen molar-refractivity contribution in [1.82, 2.24) is 4.31 Å². The lowest BCUT2D eigenvalue weighted by molar-refractivity contribution is 0.0702. The zero-order chi connectivity index (χ0) is 13.1. The molecule has 0 bridgehead atoms. The topological polar surface area (TPSA) is 98.5 Å². The van der Waals surface area contributed by atoms with Crippen molar-refractivity contribution >= 4 is 27.3 Å². The molecule has 0 amide bonds. The predicted octanol–water partition coefficient (Wildman–Crippen LogP) is 0.980. The van der Waals surface area contributed by atoms with Gasteiger partial charge in [-0.2, -0.15) is 9.57 Å². The van der Waals surface area contributed by atoms with Gasteiger partial charge >= 0.3 is 5.97 Å². The molecule has 1 rings (SSSR count). The second-order valence-electron chi connectivity index (χ2n) is 3.19. The van der Waals surface area contributed by atoms with Crippen molar-refractivity contribution in [2.75, 3.05) is 13.6 Å². The fourth-order valence-electron chi connectivity index (χ4n) is 1.07. The maximum absolute atomic E-state index is 11.9. The first-order valence-corrected chi connectivity index (χ1v) is 6.86. The van der Waals surface area contributed by atoms with Crippen LogP contribution in [0.2, 0.25) is 0 Å². The molecule has 0 unspecified atom stereocenters. The summed E-state index contributed by atoms with van der Waals surface area (Å²) in [6, 6.07) is 2.96. The van der Waals surface area contributed by atoms with E-state index in [9.17, 15) is 13.2 Å². The van der Waals surface area contributed by atoms with Crippen LogP contribution in [0.25, 0.3) is 0 Å². The Hall–Kier alpha value is -1.43. The van der Waals surface area contributed by atoms with E-state index in [4.69, 9.17) is 10.4 Å². The van der Waals surface area contributed by atoms with Gasteiger partial charge < -0.3 is 5.11 Å². The summed E-state index contributed by atoms with van der Waals surface area (Å²) in [5.74, 6) is -1.16. The lowest BCUT2D eigenvalue weighted by atomic mass is 10.5. The summed E-state index contributed by atoms with van der Waals surface area (Å²) < 4.78 is 24.8. The van der Waals surface area contributed by atoms with Crippen LogP contribution in [0.3, 0.4) is 0 Å². The maximum atomic E-state index is 11.9. The molecule has 1 N–H and O–H groups in total. The summed E-state index contributed by atoms with van der Waals surface area (Å²) in [6.07, 6.45) is 0.0889. The summed E-state index contributed by atoms with van der Waals surface area (Å²) in [7, 11) is -2.34. The fourth-order valence-corrected chi connectivity index (χ4v) is 3.34. The van der Waals surface area contributed by atoms with Crippen molar-refractivity contribution in [1.29, 1.82) is 5.26 Å². The summed E-state index contributed by atoms with van der Waals surface area (Å²) in [5.41, 5.74) is 0. The van der Waals surface area contributed by atoms with E-state index >= 15 is 0 Å². The van der Waals surface area contributed by atoms with Gasteiger partial charge in [-0.1, -0.05) is 0 Å². The third kappa shape index (κ3) is 3.03. The fraction of sp³-hybridized carbons (Fsp3) is 0.333. The molecule has 0 fully saturated rings. The number of sulfonamides is 1.